The van der Waals surface area contributed by atoms with Crippen LogP contribution in [-0.4, -0.2) is 82.3 Å². The number of nitrogens with two attached hydrogens (primary N) is 1. The van der Waals surface area contributed by atoms with Gasteiger partial charge < -0.3 is 35.4 Å². The molecule has 0 saturated heterocycles. The highest BCUT2D eigenvalue weighted by Crippen LogP contribution is 2.43. The summed E-state index contributed by atoms with van der Waals surface area (Å²) >= 11 is 0. The molecule has 318 valence electrons. The van der Waals surface area contributed by atoms with Crippen LogP contribution in [0.4, 0.5) is 0 Å². The Hall–Kier alpha value is -1.86. The van der Waals surface area contributed by atoms with Gasteiger partial charge in [0.25, 0.3) is 0 Å². The molecular formula is C40H76NO12P. The molecule has 0 aliphatic carbocycles. The van der Waals surface area contributed by atoms with Crippen LogP contribution in [0.25, 0.3) is 0 Å². The lowest BCUT2D eigenvalue weighted by atomic mass is 10.0. The van der Waals surface area contributed by atoms with E-state index in [2.05, 4.69) is 24.4 Å². The first-order chi connectivity index (χ1) is 25.9. The van der Waals surface area contributed by atoms with Crippen molar-refractivity contribution in [3.63, 3.8) is 0 Å². The number of carbonyl (C=O) groups is 3. The standard InChI is InChI=1S/C40H76NO12P/c1-3-5-7-9-11-12-13-14-15-16-17-21-25-29-38(44)50-31-34(32-51-54(48,49)52-33-35(41)40(46)47)53-39(45)30-26-22-18-20-24-28-37(43)36(42)27-23-19-10-8-6-4-2/h19,23,34-37,42-43H,3-18,20-22,24-33,41H2,1-2H3,(H,46,47)(H,48,49)/b23-19-/t34-,35+,36+,37+/m1/s1. The highest BCUT2D eigenvalue weighted by atomic mass is 31.2. The lowest BCUT2D eigenvalue weighted by Crippen LogP contribution is -2.34. The van der Waals surface area contributed by atoms with E-state index in [4.69, 9.17) is 24.8 Å². The van der Waals surface area contributed by atoms with Gasteiger partial charge >= 0.3 is 25.7 Å². The number of carbonyl (C=O) groups excluding carboxylic acids is 2. The van der Waals surface area contributed by atoms with Gasteiger partial charge in [0.2, 0.25) is 0 Å². The molecule has 6 N–H and O–H groups in total. The predicted octanol–water partition coefficient (Wildman–Crippen LogP) is 8.45. The number of aliphatic hydroxyl groups is 2. The number of esters is 2. The van der Waals surface area contributed by atoms with E-state index in [9.17, 15) is 34.1 Å². The van der Waals surface area contributed by atoms with Crippen molar-refractivity contribution in [2.75, 3.05) is 19.8 Å². The van der Waals surface area contributed by atoms with Gasteiger partial charge in [0.15, 0.2) is 6.10 Å². The van der Waals surface area contributed by atoms with Crippen LogP contribution in [0, 0.1) is 0 Å². The van der Waals surface area contributed by atoms with Gasteiger partial charge in [-0.1, -0.05) is 142 Å². The molecule has 5 atom stereocenters. The van der Waals surface area contributed by atoms with Gasteiger partial charge in [-0.05, 0) is 38.5 Å². The number of carboxylic acids is 1. The smallest absolute Gasteiger partial charge is 0.472 e. The number of phosphoric ester groups is 1. The summed E-state index contributed by atoms with van der Waals surface area (Å²) in [5.74, 6) is -2.50. The van der Waals surface area contributed by atoms with Gasteiger partial charge in [0.1, 0.15) is 12.6 Å². The van der Waals surface area contributed by atoms with E-state index in [0.717, 1.165) is 64.2 Å². The minimum atomic E-state index is -4.75. The Kier molecular flexibility index (Phi) is 34.3. The summed E-state index contributed by atoms with van der Waals surface area (Å²) in [4.78, 5) is 45.9. The average Bonchev–Trinajstić information content (AvgIpc) is 3.14. The molecule has 0 saturated carbocycles. The van der Waals surface area contributed by atoms with E-state index in [1.54, 1.807) is 0 Å². The summed E-state index contributed by atoms with van der Waals surface area (Å²) in [7, 11) is -4.75. The summed E-state index contributed by atoms with van der Waals surface area (Å²) < 4.78 is 32.5. The summed E-state index contributed by atoms with van der Waals surface area (Å²) in [5, 5.41) is 29.3. The second-order valence-corrected chi connectivity index (χ2v) is 15.9. The van der Waals surface area contributed by atoms with E-state index in [0.29, 0.717) is 25.7 Å². The Bertz CT molecular complexity index is 1010. The van der Waals surface area contributed by atoms with Crippen molar-refractivity contribution in [1.82, 2.24) is 0 Å². The number of phosphoric acid groups is 1. The molecule has 0 bridgehead atoms. The number of carboxylic acid groups (broad SMARTS) is 1. The first kappa shape index (κ1) is 52.1. The van der Waals surface area contributed by atoms with Gasteiger partial charge in [-0.2, -0.15) is 0 Å². The van der Waals surface area contributed by atoms with E-state index < -0.39 is 63.3 Å². The minimum absolute atomic E-state index is 0.0656. The molecule has 0 heterocycles. The Labute approximate surface area is 325 Å². The highest BCUT2D eigenvalue weighted by Gasteiger charge is 2.28. The van der Waals surface area contributed by atoms with Gasteiger partial charge in [0.05, 0.1) is 25.4 Å². The van der Waals surface area contributed by atoms with Crippen molar-refractivity contribution in [3.8, 4) is 0 Å². The fourth-order valence-electron chi connectivity index (χ4n) is 5.73. The molecule has 0 rings (SSSR count). The van der Waals surface area contributed by atoms with E-state index in [1.807, 2.05) is 6.08 Å². The maximum Gasteiger partial charge on any atom is 0.472 e. The average molecular weight is 794 g/mol. The van der Waals surface area contributed by atoms with Crippen LogP contribution in [0.3, 0.4) is 0 Å². The molecule has 0 spiro atoms. The molecule has 0 aliphatic rings. The molecule has 0 aromatic carbocycles. The van der Waals surface area contributed by atoms with Crippen LogP contribution in [0.1, 0.15) is 181 Å². The molecule has 1 unspecified atom stereocenters. The maximum absolute atomic E-state index is 12.6. The quantitative estimate of drug-likeness (QED) is 0.0171. The third-order valence-electron chi connectivity index (χ3n) is 9.21. The molecule has 0 radical (unpaired) electrons. The summed E-state index contributed by atoms with van der Waals surface area (Å²) in [6.45, 7) is 2.58. The zero-order chi connectivity index (χ0) is 40.3. The number of rotatable bonds is 39. The number of ether oxygens (including phenoxy) is 2. The number of hydrogen-bond donors (Lipinski definition) is 5. The van der Waals surface area contributed by atoms with Crippen molar-refractivity contribution >= 4 is 25.7 Å². The van der Waals surface area contributed by atoms with Gasteiger partial charge in [0, 0.05) is 12.8 Å². The summed E-state index contributed by atoms with van der Waals surface area (Å²) in [6, 6.07) is -1.54. The largest absolute Gasteiger partial charge is 0.480 e. The highest BCUT2D eigenvalue weighted by molar-refractivity contribution is 7.47. The molecular weight excluding hydrogens is 717 g/mol. The summed E-state index contributed by atoms with van der Waals surface area (Å²) in [5.41, 5.74) is 5.31. The summed E-state index contributed by atoms with van der Waals surface area (Å²) in [6.07, 6.45) is 25.8. The zero-order valence-electron chi connectivity index (χ0n) is 33.5. The van der Waals surface area contributed by atoms with E-state index >= 15 is 0 Å². The monoisotopic (exact) mass is 794 g/mol. The van der Waals surface area contributed by atoms with Gasteiger partial charge in [-0.25, -0.2) is 4.57 Å². The number of aliphatic carboxylic acids is 1. The first-order valence-corrected chi connectivity index (χ1v) is 22.4. The van der Waals surface area contributed by atoms with Crippen molar-refractivity contribution in [2.45, 2.75) is 205 Å². The number of allylic oxidation sites excluding steroid dienone is 1. The number of unbranched alkanes of at least 4 members (excludes halogenated alkanes) is 19. The van der Waals surface area contributed by atoms with Crippen molar-refractivity contribution in [2.24, 2.45) is 5.73 Å². The van der Waals surface area contributed by atoms with Crippen molar-refractivity contribution < 1.29 is 57.7 Å². The molecule has 0 aliphatic heterocycles. The molecule has 54 heavy (non-hydrogen) atoms. The molecule has 13 nitrogen and oxygen atoms in total. The first-order valence-electron chi connectivity index (χ1n) is 20.9. The lowest BCUT2D eigenvalue weighted by molar-refractivity contribution is -0.161. The van der Waals surface area contributed by atoms with Crippen LogP contribution in [0.15, 0.2) is 12.2 Å². The van der Waals surface area contributed by atoms with Crippen LogP contribution in [-0.2, 0) is 37.5 Å². The Morgan fingerprint density at radius 3 is 1.67 bits per heavy atom. The van der Waals surface area contributed by atoms with E-state index in [-0.39, 0.29) is 19.4 Å². The Morgan fingerprint density at radius 2 is 1.11 bits per heavy atom. The van der Waals surface area contributed by atoms with Crippen LogP contribution < -0.4 is 5.73 Å². The van der Waals surface area contributed by atoms with Crippen molar-refractivity contribution in [3.05, 3.63) is 12.2 Å². The Balaban J connectivity index is 4.50. The fourth-order valence-corrected chi connectivity index (χ4v) is 6.51. The van der Waals surface area contributed by atoms with Crippen LogP contribution in [0.2, 0.25) is 0 Å². The normalized spacial score (nSPS) is 15.1. The zero-order valence-corrected chi connectivity index (χ0v) is 34.4. The molecule has 0 aromatic heterocycles. The van der Waals surface area contributed by atoms with Crippen molar-refractivity contribution in [1.29, 1.82) is 0 Å². The molecule has 14 heteroatoms. The number of hydrogen-bond acceptors (Lipinski definition) is 11. The molecule has 0 aromatic rings. The number of aliphatic hydroxyl groups excluding tert-OH is 2. The van der Waals surface area contributed by atoms with E-state index in [1.165, 1.54) is 64.2 Å². The second kappa shape index (κ2) is 35.5. The second-order valence-electron chi connectivity index (χ2n) is 14.4. The lowest BCUT2D eigenvalue weighted by Gasteiger charge is -2.20. The van der Waals surface area contributed by atoms with Crippen LogP contribution >= 0.6 is 7.82 Å². The van der Waals surface area contributed by atoms with Crippen LogP contribution in [0.5, 0.6) is 0 Å². The minimum Gasteiger partial charge on any atom is -0.480 e. The Morgan fingerprint density at radius 1 is 0.630 bits per heavy atom. The SMILES string of the molecule is CCCCC/C=C\C[C@H](O)[C@@H](O)CCCCCCCC(=O)O[C@H](COC(=O)CCCCCCCCCCCCCCC)COP(=O)(O)OC[C@H](N)C(=O)O. The molecule has 0 fully saturated rings. The maximum atomic E-state index is 12.6. The third kappa shape index (κ3) is 33.5. The predicted molar refractivity (Wildman–Crippen MR) is 211 cm³/mol. The van der Waals surface area contributed by atoms with Gasteiger partial charge in [-0.3, -0.25) is 23.4 Å². The third-order valence-corrected chi connectivity index (χ3v) is 10.2. The van der Waals surface area contributed by atoms with Gasteiger partial charge in [-0.15, -0.1) is 0 Å². The molecule has 0 amide bonds. The fraction of sp³-hybridized carbons (Fsp3) is 0.875. The topological polar surface area (TPSA) is 212 Å².